The summed E-state index contributed by atoms with van der Waals surface area (Å²) in [5, 5.41) is 12.9. The van der Waals surface area contributed by atoms with E-state index in [0.717, 1.165) is 12.8 Å². The predicted octanol–water partition coefficient (Wildman–Crippen LogP) is -0.692. The van der Waals surface area contributed by atoms with Gasteiger partial charge in [0.15, 0.2) is 0 Å². The fourth-order valence-corrected chi connectivity index (χ4v) is 0.180. The van der Waals surface area contributed by atoms with Crippen molar-refractivity contribution in [3.8, 4) is 0 Å². The van der Waals surface area contributed by atoms with Gasteiger partial charge in [-0.15, -0.1) is 0 Å². The van der Waals surface area contributed by atoms with Gasteiger partial charge in [-0.2, -0.15) is 0 Å². The molecule has 0 aromatic carbocycles. The molecule has 0 fully saturated rings. The first kappa shape index (κ1) is 3.14. The molecule has 0 saturated heterocycles. The van der Waals surface area contributed by atoms with Crippen molar-refractivity contribution in [2.45, 2.75) is 0 Å². The van der Waals surface area contributed by atoms with Crippen LogP contribution in [-0.4, -0.2) is 5.10 Å². The standard InChI is InChI=1S/C2H2N2O2/c5-4-2-6-1-3-4/h1-2H. The van der Waals surface area contributed by atoms with Crippen LogP contribution in [0.25, 0.3) is 0 Å². The van der Waals surface area contributed by atoms with Gasteiger partial charge in [0.2, 0.25) is 0 Å². The van der Waals surface area contributed by atoms with E-state index in [-0.39, 0.29) is 0 Å². The van der Waals surface area contributed by atoms with Gasteiger partial charge in [-0.25, -0.2) is 0 Å². The number of aromatic nitrogens is 2. The molecule has 4 heteroatoms. The van der Waals surface area contributed by atoms with Crippen LogP contribution in [0.2, 0.25) is 0 Å². The molecule has 0 radical (unpaired) electrons. The van der Waals surface area contributed by atoms with Gasteiger partial charge in [-0.3, -0.25) is 0 Å². The molecule has 0 spiro atoms. The van der Waals surface area contributed by atoms with Crippen LogP contribution in [0.5, 0.6) is 0 Å². The monoisotopic (exact) mass is 86.0 g/mol. The Labute approximate surface area is 33.6 Å². The summed E-state index contributed by atoms with van der Waals surface area (Å²) in [5.41, 5.74) is 0. The molecule has 0 atom stereocenters. The Morgan fingerprint density at radius 1 is 1.83 bits per heavy atom. The summed E-state index contributed by atoms with van der Waals surface area (Å²) in [6.45, 7) is 0. The predicted molar refractivity (Wildman–Crippen MR) is 15.5 cm³/mol. The zero-order valence-electron chi connectivity index (χ0n) is 2.87. The third kappa shape index (κ3) is 0.314. The minimum absolute atomic E-state index is 0.333. The summed E-state index contributed by atoms with van der Waals surface area (Å²) in [6.07, 6.45) is 2.02. The molecule has 0 bridgehead atoms. The smallest absolute Gasteiger partial charge is 0.374 e. The molecule has 0 unspecified atom stereocenters. The van der Waals surface area contributed by atoms with Crippen LogP contribution in [0.4, 0.5) is 0 Å². The third-order valence-electron chi connectivity index (χ3n) is 0.373. The average Bonchev–Trinajstić information content (AvgIpc) is 1.86. The minimum Gasteiger partial charge on any atom is -0.592 e. The maximum absolute atomic E-state index is 9.78. The Bertz CT molecular complexity index is 113. The molecule has 1 rings (SSSR count). The van der Waals surface area contributed by atoms with E-state index in [9.17, 15) is 5.21 Å². The summed E-state index contributed by atoms with van der Waals surface area (Å²) in [4.78, 5) is 0.333. The summed E-state index contributed by atoms with van der Waals surface area (Å²) in [5.74, 6) is 0. The second kappa shape index (κ2) is 0.965. The van der Waals surface area contributed by atoms with Crippen LogP contribution in [-0.2, 0) is 0 Å². The summed E-state index contributed by atoms with van der Waals surface area (Å²) in [6, 6.07) is 0. The lowest BCUT2D eigenvalue weighted by molar-refractivity contribution is -0.669. The highest BCUT2D eigenvalue weighted by atomic mass is 16.5. The fraction of sp³-hybridized carbons (Fsp3) is 0. The van der Waals surface area contributed by atoms with E-state index in [1.165, 1.54) is 0 Å². The number of rotatable bonds is 0. The second-order valence-electron chi connectivity index (χ2n) is 0.765. The van der Waals surface area contributed by atoms with Crippen molar-refractivity contribution in [3.63, 3.8) is 0 Å². The maximum atomic E-state index is 9.78. The first-order valence-corrected chi connectivity index (χ1v) is 1.37. The lowest BCUT2D eigenvalue weighted by Crippen LogP contribution is -2.25. The molecule has 0 aliphatic rings. The molecule has 6 heavy (non-hydrogen) atoms. The Morgan fingerprint density at radius 2 is 2.67 bits per heavy atom. The zero-order valence-corrected chi connectivity index (χ0v) is 2.87. The quantitative estimate of drug-likeness (QED) is 0.310. The van der Waals surface area contributed by atoms with E-state index in [1.807, 2.05) is 0 Å². The van der Waals surface area contributed by atoms with E-state index < -0.39 is 0 Å². The maximum Gasteiger partial charge on any atom is 0.374 e. The largest absolute Gasteiger partial charge is 0.592 e. The fourth-order valence-electron chi connectivity index (χ4n) is 0.180. The Kier molecular flexibility index (Phi) is 0.506. The molecular formula is C2H2N2O2. The second-order valence-corrected chi connectivity index (χ2v) is 0.765. The van der Waals surface area contributed by atoms with Gasteiger partial charge in [-0.05, 0) is 4.85 Å². The van der Waals surface area contributed by atoms with Gasteiger partial charge in [0.05, 0.1) is 0 Å². The molecule has 1 aromatic rings. The molecule has 0 amide bonds. The van der Waals surface area contributed by atoms with Gasteiger partial charge in [-0.1, -0.05) is 0 Å². The van der Waals surface area contributed by atoms with Crippen LogP contribution in [0, 0.1) is 5.21 Å². The average molecular weight is 86.0 g/mol. The highest BCUT2D eigenvalue weighted by Gasteiger charge is 1.81. The Hall–Kier alpha value is -1.06. The number of hydrogen-bond donors (Lipinski definition) is 0. The van der Waals surface area contributed by atoms with Crippen LogP contribution in [0.3, 0.4) is 0 Å². The van der Waals surface area contributed by atoms with Crippen molar-refractivity contribution in [3.05, 3.63) is 18.0 Å². The van der Waals surface area contributed by atoms with Crippen molar-refractivity contribution in [1.29, 1.82) is 0 Å². The van der Waals surface area contributed by atoms with Crippen LogP contribution in [0.15, 0.2) is 17.2 Å². The normalized spacial score (nSPS) is 8.67. The SMILES string of the molecule is [O-][n+]1cocn1. The highest BCUT2D eigenvalue weighted by molar-refractivity contribution is 4.20. The molecule has 1 heterocycles. The molecule has 32 valence electrons. The van der Waals surface area contributed by atoms with Gasteiger partial charge in [0, 0.05) is 5.10 Å². The molecule has 1 aromatic heterocycles. The van der Waals surface area contributed by atoms with E-state index in [2.05, 4.69) is 9.52 Å². The van der Waals surface area contributed by atoms with Crippen molar-refractivity contribution >= 4 is 0 Å². The molecular weight excluding hydrogens is 84.0 g/mol. The van der Waals surface area contributed by atoms with Crippen LogP contribution < -0.4 is 4.85 Å². The summed E-state index contributed by atoms with van der Waals surface area (Å²) < 4.78 is 4.25. The minimum atomic E-state index is 0.333. The number of nitrogens with zero attached hydrogens (tertiary/aromatic N) is 2. The lowest BCUT2D eigenvalue weighted by Gasteiger charge is -1.72. The van der Waals surface area contributed by atoms with Crippen LogP contribution >= 0.6 is 0 Å². The Balaban J connectivity index is 3.05. The van der Waals surface area contributed by atoms with Crippen molar-refractivity contribution < 1.29 is 9.26 Å². The van der Waals surface area contributed by atoms with E-state index in [0.29, 0.717) is 4.85 Å². The first-order valence-electron chi connectivity index (χ1n) is 1.37. The molecule has 0 N–H and O–H groups in total. The molecule has 0 saturated carbocycles. The van der Waals surface area contributed by atoms with Crippen molar-refractivity contribution in [1.82, 2.24) is 5.10 Å². The van der Waals surface area contributed by atoms with Crippen LogP contribution in [0.1, 0.15) is 0 Å². The number of hydrogen-bond acceptors (Lipinski definition) is 3. The lowest BCUT2D eigenvalue weighted by atomic mass is 11.5. The summed E-state index contributed by atoms with van der Waals surface area (Å²) in [7, 11) is 0. The van der Waals surface area contributed by atoms with Crippen molar-refractivity contribution in [2.24, 2.45) is 0 Å². The van der Waals surface area contributed by atoms with E-state index in [4.69, 9.17) is 0 Å². The first-order chi connectivity index (χ1) is 2.89. The van der Waals surface area contributed by atoms with Crippen molar-refractivity contribution in [2.75, 3.05) is 0 Å². The molecule has 4 nitrogen and oxygen atoms in total. The third-order valence-corrected chi connectivity index (χ3v) is 0.373. The zero-order chi connectivity index (χ0) is 4.41. The molecule has 0 aliphatic heterocycles. The van der Waals surface area contributed by atoms with Gasteiger partial charge >= 0.3 is 6.39 Å². The topological polar surface area (TPSA) is 53.0 Å². The Morgan fingerprint density at radius 3 is 2.83 bits per heavy atom. The van der Waals surface area contributed by atoms with E-state index in [1.54, 1.807) is 0 Å². The van der Waals surface area contributed by atoms with Gasteiger partial charge in [0.25, 0.3) is 6.39 Å². The molecule has 0 aliphatic carbocycles. The summed E-state index contributed by atoms with van der Waals surface area (Å²) >= 11 is 0. The van der Waals surface area contributed by atoms with Gasteiger partial charge < -0.3 is 9.62 Å². The van der Waals surface area contributed by atoms with E-state index >= 15 is 0 Å². The van der Waals surface area contributed by atoms with Gasteiger partial charge in [0.1, 0.15) is 0 Å². The highest BCUT2D eigenvalue weighted by Crippen LogP contribution is 1.62.